The summed E-state index contributed by atoms with van der Waals surface area (Å²) in [6.45, 7) is 3.39. The molecule has 2 aromatic carbocycles. The molecule has 0 N–H and O–H groups in total. The zero-order chi connectivity index (χ0) is 15.2. The summed E-state index contributed by atoms with van der Waals surface area (Å²) in [5, 5.41) is 0. The van der Waals surface area contributed by atoms with Gasteiger partial charge < -0.3 is 14.4 Å². The fraction of sp³-hybridized carbons (Fsp3) is 0.278. The van der Waals surface area contributed by atoms with Crippen LogP contribution in [-0.4, -0.2) is 39.6 Å². The quantitative estimate of drug-likeness (QED) is 0.812. The van der Waals surface area contributed by atoms with E-state index in [1.165, 1.54) is 0 Å². The maximum atomic E-state index is 5.52. The van der Waals surface area contributed by atoms with E-state index in [2.05, 4.69) is 28.1 Å². The summed E-state index contributed by atoms with van der Waals surface area (Å²) in [5.41, 5.74) is 3.07. The molecule has 0 aromatic heterocycles. The van der Waals surface area contributed by atoms with Crippen LogP contribution in [-0.2, 0) is 4.74 Å². The smallest absolute Gasteiger partial charge is 0.129 e. The Labute approximate surface area is 131 Å². The molecule has 3 rings (SSSR count). The lowest BCUT2D eigenvalue weighted by Crippen LogP contribution is -2.36. The number of morpholine rings is 1. The topological polar surface area (TPSA) is 34.1 Å². The van der Waals surface area contributed by atoms with Crippen LogP contribution in [0, 0.1) is 0 Å². The molecule has 0 unspecified atom stereocenters. The number of hydrogen-bond donors (Lipinski definition) is 0. The Kier molecular flexibility index (Phi) is 4.71. The van der Waals surface area contributed by atoms with E-state index in [0.29, 0.717) is 0 Å². The van der Waals surface area contributed by atoms with Gasteiger partial charge in [-0.1, -0.05) is 18.2 Å². The first kappa shape index (κ1) is 14.6. The first-order chi connectivity index (χ1) is 10.9. The molecular formula is C18H20N2O2. The largest absolute Gasteiger partial charge is 0.496 e. The van der Waals surface area contributed by atoms with Gasteiger partial charge in [0.25, 0.3) is 0 Å². The molecule has 22 heavy (non-hydrogen) atoms. The molecule has 114 valence electrons. The van der Waals surface area contributed by atoms with Crippen molar-refractivity contribution in [1.29, 1.82) is 0 Å². The molecule has 1 fully saturated rings. The SMILES string of the molecule is COc1cc(N2CCOCC2)ccc1C=Nc1ccccc1. The van der Waals surface area contributed by atoms with Crippen LogP contribution in [0.15, 0.2) is 53.5 Å². The van der Waals surface area contributed by atoms with E-state index < -0.39 is 0 Å². The predicted octanol–water partition coefficient (Wildman–Crippen LogP) is 3.28. The zero-order valence-corrected chi connectivity index (χ0v) is 12.7. The second kappa shape index (κ2) is 7.09. The van der Waals surface area contributed by atoms with Crippen molar-refractivity contribution in [3.05, 3.63) is 54.1 Å². The highest BCUT2D eigenvalue weighted by Crippen LogP contribution is 2.26. The Balaban J connectivity index is 1.81. The first-order valence-electron chi connectivity index (χ1n) is 7.46. The molecule has 0 atom stereocenters. The lowest BCUT2D eigenvalue weighted by Gasteiger charge is -2.29. The van der Waals surface area contributed by atoms with Crippen LogP contribution in [0.25, 0.3) is 0 Å². The minimum atomic E-state index is 0.777. The predicted molar refractivity (Wildman–Crippen MR) is 89.7 cm³/mol. The number of rotatable bonds is 4. The second-order valence-corrected chi connectivity index (χ2v) is 5.12. The minimum Gasteiger partial charge on any atom is -0.496 e. The van der Waals surface area contributed by atoms with E-state index >= 15 is 0 Å². The molecule has 4 nitrogen and oxygen atoms in total. The van der Waals surface area contributed by atoms with Crippen molar-refractivity contribution >= 4 is 17.6 Å². The van der Waals surface area contributed by atoms with Gasteiger partial charge in [-0.25, -0.2) is 0 Å². The minimum absolute atomic E-state index is 0.777. The molecule has 0 aliphatic carbocycles. The number of ether oxygens (including phenoxy) is 2. The number of benzene rings is 2. The Bertz CT molecular complexity index is 635. The van der Waals surface area contributed by atoms with Gasteiger partial charge >= 0.3 is 0 Å². The molecule has 1 saturated heterocycles. The fourth-order valence-electron chi connectivity index (χ4n) is 2.48. The summed E-state index contributed by atoms with van der Waals surface area (Å²) >= 11 is 0. The Morgan fingerprint density at radius 3 is 2.59 bits per heavy atom. The summed E-state index contributed by atoms with van der Waals surface area (Å²) in [5.74, 6) is 0.837. The summed E-state index contributed by atoms with van der Waals surface area (Å²) < 4.78 is 10.9. The molecule has 4 heteroatoms. The van der Waals surface area contributed by atoms with Gasteiger partial charge in [-0.05, 0) is 24.3 Å². The Hall–Kier alpha value is -2.33. The third-order valence-corrected chi connectivity index (χ3v) is 3.70. The van der Waals surface area contributed by atoms with Crippen LogP contribution >= 0.6 is 0 Å². The van der Waals surface area contributed by atoms with Crippen LogP contribution in [0.1, 0.15) is 5.56 Å². The molecule has 1 aliphatic rings. The Morgan fingerprint density at radius 2 is 1.86 bits per heavy atom. The molecule has 0 saturated carbocycles. The maximum Gasteiger partial charge on any atom is 0.129 e. The second-order valence-electron chi connectivity index (χ2n) is 5.12. The van der Waals surface area contributed by atoms with Crippen LogP contribution in [0.4, 0.5) is 11.4 Å². The number of para-hydroxylation sites is 1. The lowest BCUT2D eigenvalue weighted by molar-refractivity contribution is 0.122. The molecule has 0 amide bonds. The summed E-state index contributed by atoms with van der Waals surface area (Å²) in [6, 6.07) is 16.1. The van der Waals surface area contributed by atoms with Gasteiger partial charge in [0.2, 0.25) is 0 Å². The third kappa shape index (κ3) is 3.46. The van der Waals surface area contributed by atoms with Crippen molar-refractivity contribution in [1.82, 2.24) is 0 Å². The summed E-state index contributed by atoms with van der Waals surface area (Å²) in [7, 11) is 1.69. The lowest BCUT2D eigenvalue weighted by atomic mass is 10.1. The standard InChI is InChI=1S/C18H20N2O2/c1-21-18-13-17(20-9-11-22-12-10-20)8-7-15(18)14-19-16-5-3-2-4-6-16/h2-8,13-14H,9-12H2,1H3. The van der Waals surface area contributed by atoms with Crippen LogP contribution in [0.2, 0.25) is 0 Å². The summed E-state index contributed by atoms with van der Waals surface area (Å²) in [6.07, 6.45) is 1.84. The van der Waals surface area contributed by atoms with E-state index in [-0.39, 0.29) is 0 Å². The number of hydrogen-bond acceptors (Lipinski definition) is 4. The van der Waals surface area contributed by atoms with Crippen molar-refractivity contribution < 1.29 is 9.47 Å². The summed E-state index contributed by atoms with van der Waals surface area (Å²) in [4.78, 5) is 6.80. The monoisotopic (exact) mass is 296 g/mol. The Morgan fingerprint density at radius 1 is 1.09 bits per heavy atom. The zero-order valence-electron chi connectivity index (χ0n) is 12.7. The number of methoxy groups -OCH3 is 1. The third-order valence-electron chi connectivity index (χ3n) is 3.70. The number of aliphatic imine (C=N–C) groups is 1. The van der Waals surface area contributed by atoms with Gasteiger partial charge in [-0.15, -0.1) is 0 Å². The number of anilines is 1. The fourth-order valence-corrected chi connectivity index (χ4v) is 2.48. The molecule has 0 radical (unpaired) electrons. The van der Waals surface area contributed by atoms with Gasteiger partial charge in [0.05, 0.1) is 26.0 Å². The normalized spacial score (nSPS) is 15.2. The van der Waals surface area contributed by atoms with E-state index in [0.717, 1.165) is 49.0 Å². The molecule has 0 bridgehead atoms. The molecule has 0 spiro atoms. The average Bonchev–Trinajstić information content (AvgIpc) is 2.61. The van der Waals surface area contributed by atoms with E-state index in [9.17, 15) is 0 Å². The van der Waals surface area contributed by atoms with Crippen molar-refractivity contribution in [3.63, 3.8) is 0 Å². The van der Waals surface area contributed by atoms with Gasteiger partial charge in [0, 0.05) is 36.6 Å². The van der Waals surface area contributed by atoms with Crippen molar-refractivity contribution in [2.24, 2.45) is 4.99 Å². The highest BCUT2D eigenvalue weighted by atomic mass is 16.5. The van der Waals surface area contributed by atoms with Gasteiger partial charge in [0.1, 0.15) is 5.75 Å². The van der Waals surface area contributed by atoms with Gasteiger partial charge in [-0.3, -0.25) is 4.99 Å². The van der Waals surface area contributed by atoms with Crippen molar-refractivity contribution in [2.45, 2.75) is 0 Å². The van der Waals surface area contributed by atoms with Gasteiger partial charge in [-0.2, -0.15) is 0 Å². The molecule has 1 heterocycles. The van der Waals surface area contributed by atoms with Crippen LogP contribution in [0.5, 0.6) is 5.75 Å². The van der Waals surface area contributed by atoms with Crippen molar-refractivity contribution in [3.8, 4) is 5.75 Å². The molecular weight excluding hydrogens is 276 g/mol. The van der Waals surface area contributed by atoms with E-state index in [4.69, 9.17) is 9.47 Å². The highest BCUT2D eigenvalue weighted by molar-refractivity contribution is 5.86. The van der Waals surface area contributed by atoms with Crippen LogP contribution in [0.3, 0.4) is 0 Å². The van der Waals surface area contributed by atoms with Gasteiger partial charge in [0.15, 0.2) is 0 Å². The molecule has 2 aromatic rings. The van der Waals surface area contributed by atoms with Crippen molar-refractivity contribution in [2.75, 3.05) is 38.3 Å². The van der Waals surface area contributed by atoms with E-state index in [1.807, 2.05) is 36.5 Å². The highest BCUT2D eigenvalue weighted by Gasteiger charge is 2.12. The van der Waals surface area contributed by atoms with Crippen LogP contribution < -0.4 is 9.64 Å². The average molecular weight is 296 g/mol. The molecule has 1 aliphatic heterocycles. The first-order valence-corrected chi connectivity index (χ1v) is 7.46. The number of nitrogens with zero attached hydrogens (tertiary/aromatic N) is 2. The van der Waals surface area contributed by atoms with E-state index in [1.54, 1.807) is 7.11 Å². The maximum absolute atomic E-state index is 5.52.